The molecule has 0 amide bonds. The summed E-state index contributed by atoms with van der Waals surface area (Å²) in [6.45, 7) is 0. The van der Waals surface area contributed by atoms with E-state index in [1.807, 2.05) is 42.7 Å². The monoisotopic (exact) mass is 308 g/mol. The minimum atomic E-state index is -1.99. The molecule has 0 unspecified atom stereocenters. The normalized spacial score (nSPS) is 11.2. The van der Waals surface area contributed by atoms with E-state index in [2.05, 4.69) is 24.3 Å². The van der Waals surface area contributed by atoms with Crippen LogP contribution in [0, 0.1) is 0 Å². The van der Waals surface area contributed by atoms with Gasteiger partial charge in [-0.3, -0.25) is 0 Å². The minimum absolute atomic E-state index is 0.926. The molecule has 2 aromatic carbocycles. The number of hydrogen-bond donors (Lipinski definition) is 0. The van der Waals surface area contributed by atoms with E-state index in [1.165, 1.54) is 10.6 Å². The average molecular weight is 308 g/mol. The molecule has 0 radical (unpaired) electrons. The summed E-state index contributed by atoms with van der Waals surface area (Å²) in [6.07, 6.45) is 2.01. The van der Waals surface area contributed by atoms with Gasteiger partial charge in [-0.2, -0.15) is 0 Å². The largest absolute Gasteiger partial charge is 0.116 e. The summed E-state index contributed by atoms with van der Waals surface area (Å²) >= 11 is 13.2. The van der Waals surface area contributed by atoms with Gasteiger partial charge < -0.3 is 0 Å². The van der Waals surface area contributed by atoms with Crippen molar-refractivity contribution in [2.45, 2.75) is 0 Å². The van der Waals surface area contributed by atoms with Crippen molar-refractivity contribution >= 4 is 56.4 Å². The van der Waals surface area contributed by atoms with Crippen LogP contribution in [-0.2, 0) is 11.8 Å². The Kier molecular flexibility index (Phi) is 4.74. The van der Waals surface area contributed by atoms with Crippen LogP contribution in [0.5, 0.6) is 0 Å². The van der Waals surface area contributed by atoms with Crippen molar-refractivity contribution in [2.24, 2.45) is 0 Å². The van der Waals surface area contributed by atoms with Gasteiger partial charge in [0.05, 0.1) is 9.98 Å². The molecule has 92 valence electrons. The van der Waals surface area contributed by atoms with Gasteiger partial charge in [0.15, 0.2) is 0 Å². The van der Waals surface area contributed by atoms with Crippen LogP contribution in [0.3, 0.4) is 0 Å². The zero-order valence-corrected chi connectivity index (χ0v) is 13.3. The molecule has 2 rings (SSSR count). The number of benzene rings is 2. The van der Waals surface area contributed by atoms with Gasteiger partial charge in [0.2, 0.25) is 0 Å². The molecule has 2 aromatic rings. The summed E-state index contributed by atoms with van der Waals surface area (Å²) in [7, 11) is 0. The van der Waals surface area contributed by atoms with E-state index in [-0.39, 0.29) is 0 Å². The molecular formula is C14H13PS3. The fourth-order valence-electron chi connectivity index (χ4n) is 1.76. The molecule has 0 fully saturated rings. The van der Waals surface area contributed by atoms with Crippen molar-refractivity contribution in [2.75, 3.05) is 6.26 Å². The van der Waals surface area contributed by atoms with Crippen LogP contribution in [0.1, 0.15) is 0 Å². The lowest BCUT2D eigenvalue weighted by Gasteiger charge is -2.23. The van der Waals surface area contributed by atoms with E-state index in [4.69, 9.17) is 24.0 Å². The number of thioether (sulfide) groups is 1. The van der Waals surface area contributed by atoms with Gasteiger partial charge >= 0.3 is 0 Å². The predicted molar refractivity (Wildman–Crippen MR) is 92.6 cm³/mol. The van der Waals surface area contributed by atoms with Crippen molar-refractivity contribution in [1.82, 2.24) is 0 Å². The van der Waals surface area contributed by atoms with Crippen molar-refractivity contribution < 1.29 is 0 Å². The molecule has 0 bridgehead atoms. The fraction of sp³-hybridized carbons (Fsp3) is 0.0714. The summed E-state index contributed by atoms with van der Waals surface area (Å²) in [5.74, 6) is 0. The van der Waals surface area contributed by atoms with E-state index in [9.17, 15) is 0 Å². The minimum Gasteiger partial charge on any atom is -0.116 e. The highest BCUT2D eigenvalue weighted by molar-refractivity contribution is 8.49. The Morgan fingerprint density at radius 1 is 0.889 bits per heavy atom. The smallest absolute Gasteiger partial charge is 0.0889 e. The maximum absolute atomic E-state index is 6.01. The zero-order valence-electron chi connectivity index (χ0n) is 9.95. The lowest BCUT2D eigenvalue weighted by Crippen LogP contribution is -2.19. The maximum atomic E-state index is 6.01. The molecule has 0 spiro atoms. The first kappa shape index (κ1) is 14.0. The first-order valence-electron chi connectivity index (χ1n) is 5.49. The topological polar surface area (TPSA) is 0 Å². The summed E-state index contributed by atoms with van der Waals surface area (Å²) in [4.78, 5) is 0. The van der Waals surface area contributed by atoms with E-state index in [0.717, 1.165) is 3.94 Å². The number of thiocarbonyl (C=S) groups is 1. The first-order valence-corrected chi connectivity index (χ1v) is 9.93. The molecule has 0 aliphatic carbocycles. The van der Waals surface area contributed by atoms with Crippen molar-refractivity contribution in [3.8, 4) is 0 Å². The summed E-state index contributed by atoms with van der Waals surface area (Å²) in [5.41, 5.74) is 0. The molecule has 0 nitrogen and oxygen atoms in total. The van der Waals surface area contributed by atoms with E-state index >= 15 is 0 Å². The third-order valence-electron chi connectivity index (χ3n) is 2.67. The Hall–Kier alpha value is -0.470. The van der Waals surface area contributed by atoms with Crippen LogP contribution >= 0.6 is 30.0 Å². The number of hydrogen-bond acceptors (Lipinski definition) is 3. The van der Waals surface area contributed by atoms with Crippen LogP contribution < -0.4 is 10.6 Å². The predicted octanol–water partition coefficient (Wildman–Crippen LogP) is 3.76. The van der Waals surface area contributed by atoms with Crippen molar-refractivity contribution in [1.29, 1.82) is 0 Å². The fourth-order valence-corrected chi connectivity index (χ4v) is 7.36. The first-order chi connectivity index (χ1) is 8.69. The standard InChI is InChI=1S/C14H13PS3/c1-18-14(16)15(17,12-8-4-2-5-9-12)13-10-6-3-7-11-13/h2-11H,1H3. The van der Waals surface area contributed by atoms with Gasteiger partial charge in [0, 0.05) is 0 Å². The molecular weight excluding hydrogens is 295 g/mol. The van der Waals surface area contributed by atoms with Gasteiger partial charge in [-0.25, -0.2) is 0 Å². The zero-order chi connectivity index (χ0) is 13.0. The van der Waals surface area contributed by atoms with Crippen LogP contribution in [-0.4, -0.2) is 10.2 Å². The maximum Gasteiger partial charge on any atom is 0.0889 e. The van der Waals surface area contributed by atoms with Gasteiger partial charge in [0.25, 0.3) is 0 Å². The van der Waals surface area contributed by atoms with Crippen molar-refractivity contribution in [3.05, 3.63) is 60.7 Å². The molecule has 0 saturated carbocycles. The molecule has 0 aliphatic heterocycles. The average Bonchev–Trinajstić information content (AvgIpc) is 2.47. The Labute approximate surface area is 123 Å². The van der Waals surface area contributed by atoms with E-state index < -0.39 is 6.04 Å². The molecule has 0 atom stereocenters. The molecule has 0 aromatic heterocycles. The molecule has 0 aliphatic rings. The van der Waals surface area contributed by atoms with Gasteiger partial charge in [-0.1, -0.05) is 84.7 Å². The highest BCUT2D eigenvalue weighted by Gasteiger charge is 2.26. The molecule has 0 heterocycles. The van der Waals surface area contributed by atoms with E-state index in [0.29, 0.717) is 0 Å². The van der Waals surface area contributed by atoms with Crippen LogP contribution in [0.25, 0.3) is 0 Å². The second-order valence-corrected chi connectivity index (χ2v) is 10.2. The third-order valence-corrected chi connectivity index (χ3v) is 10.8. The molecule has 0 saturated heterocycles. The summed E-state index contributed by atoms with van der Waals surface area (Å²) < 4.78 is 0.926. The van der Waals surface area contributed by atoms with Crippen molar-refractivity contribution in [3.63, 3.8) is 0 Å². The number of rotatable bonds is 3. The second kappa shape index (κ2) is 6.12. The Morgan fingerprint density at radius 2 is 1.28 bits per heavy atom. The lowest BCUT2D eigenvalue weighted by molar-refractivity contribution is 1.76. The van der Waals surface area contributed by atoms with Crippen LogP contribution in [0.15, 0.2) is 60.7 Å². The molecule has 0 N–H and O–H groups in total. The highest BCUT2D eigenvalue weighted by atomic mass is 32.4. The SMILES string of the molecule is CSC(=S)P(=S)(c1ccccc1)c1ccccc1. The third kappa shape index (κ3) is 2.60. The van der Waals surface area contributed by atoms with Crippen LogP contribution in [0.4, 0.5) is 0 Å². The molecule has 18 heavy (non-hydrogen) atoms. The van der Waals surface area contributed by atoms with Gasteiger partial charge in [-0.15, -0.1) is 11.8 Å². The highest BCUT2D eigenvalue weighted by Crippen LogP contribution is 2.48. The Balaban J connectivity index is 2.63. The quantitative estimate of drug-likeness (QED) is 0.626. The molecule has 4 heteroatoms. The van der Waals surface area contributed by atoms with Crippen LogP contribution in [0.2, 0.25) is 0 Å². The lowest BCUT2D eigenvalue weighted by atomic mass is 10.4. The second-order valence-electron chi connectivity index (χ2n) is 3.75. The van der Waals surface area contributed by atoms with E-state index in [1.54, 1.807) is 11.8 Å². The summed E-state index contributed by atoms with van der Waals surface area (Å²) in [5, 5.41) is 2.34. The van der Waals surface area contributed by atoms with Gasteiger partial charge in [-0.05, 0) is 16.9 Å². The van der Waals surface area contributed by atoms with Gasteiger partial charge in [0.1, 0.15) is 0 Å². The summed E-state index contributed by atoms with van der Waals surface area (Å²) in [6, 6.07) is 18.5. The Bertz CT molecular complexity index is 535. The Morgan fingerprint density at radius 3 is 1.61 bits per heavy atom.